The molecule has 0 bridgehead atoms. The highest BCUT2D eigenvalue weighted by atomic mass is 79.9. The van der Waals surface area contributed by atoms with Gasteiger partial charge in [-0.15, -0.1) is 0 Å². The summed E-state index contributed by atoms with van der Waals surface area (Å²) in [5.74, 6) is 0. The lowest BCUT2D eigenvalue weighted by Gasteiger charge is -2.12. The monoisotopic (exact) mass is 278 g/mol. The molecule has 1 aliphatic rings. The Bertz CT molecular complexity index is 397. The van der Waals surface area contributed by atoms with E-state index < -0.39 is 12.1 Å². The number of hydrogen-bond donors (Lipinski definition) is 0. The van der Waals surface area contributed by atoms with E-state index in [1.807, 2.05) is 0 Å². The van der Waals surface area contributed by atoms with Crippen LogP contribution in [0.3, 0.4) is 0 Å². The molecule has 82 valence electrons. The molecule has 2 rings (SSSR count). The Balaban J connectivity index is 2.51. The van der Waals surface area contributed by atoms with Crippen LogP contribution in [0, 0.1) is 6.92 Å². The molecule has 0 amide bonds. The first-order valence-electron chi connectivity index (χ1n) is 4.71. The van der Waals surface area contributed by atoms with Crippen molar-refractivity contribution in [3.63, 3.8) is 0 Å². The van der Waals surface area contributed by atoms with Gasteiger partial charge in [0.15, 0.2) is 0 Å². The summed E-state index contributed by atoms with van der Waals surface area (Å²) in [7, 11) is 0. The van der Waals surface area contributed by atoms with Gasteiger partial charge in [0.05, 0.1) is 0 Å². The van der Waals surface area contributed by atoms with Crippen molar-refractivity contribution in [3.05, 3.63) is 33.3 Å². The van der Waals surface area contributed by atoms with E-state index in [0.29, 0.717) is 28.4 Å². The maximum absolute atomic E-state index is 13.7. The molecule has 15 heavy (non-hydrogen) atoms. The standard InChI is InChI=1S/C11H10BrF3/c1-6-4-7(11(15)2-3-11)5-8(9(6)12)10(13)14/h4-5,10H,2-3H2,1H3. The maximum Gasteiger partial charge on any atom is 0.264 e. The van der Waals surface area contributed by atoms with Gasteiger partial charge in [-0.3, -0.25) is 0 Å². The Morgan fingerprint density at radius 3 is 2.40 bits per heavy atom. The van der Waals surface area contributed by atoms with Gasteiger partial charge in [-0.25, -0.2) is 13.2 Å². The minimum absolute atomic E-state index is 0.117. The Morgan fingerprint density at radius 2 is 1.93 bits per heavy atom. The van der Waals surface area contributed by atoms with Crippen LogP contribution >= 0.6 is 15.9 Å². The second-order valence-electron chi connectivity index (χ2n) is 3.96. The van der Waals surface area contributed by atoms with Crippen molar-refractivity contribution < 1.29 is 13.2 Å². The molecule has 4 heteroatoms. The quantitative estimate of drug-likeness (QED) is 0.739. The van der Waals surface area contributed by atoms with Crippen molar-refractivity contribution in [2.75, 3.05) is 0 Å². The van der Waals surface area contributed by atoms with E-state index in [1.165, 1.54) is 6.07 Å². The fourth-order valence-corrected chi connectivity index (χ4v) is 2.01. The van der Waals surface area contributed by atoms with Crippen molar-refractivity contribution >= 4 is 15.9 Å². The van der Waals surface area contributed by atoms with Gasteiger partial charge in [0, 0.05) is 10.0 Å². The van der Waals surface area contributed by atoms with E-state index in [0.717, 1.165) is 0 Å². The van der Waals surface area contributed by atoms with E-state index in [4.69, 9.17) is 0 Å². The van der Waals surface area contributed by atoms with Crippen LogP contribution in [0.5, 0.6) is 0 Å². The van der Waals surface area contributed by atoms with E-state index in [-0.39, 0.29) is 5.56 Å². The minimum Gasteiger partial charge on any atom is -0.239 e. The van der Waals surface area contributed by atoms with E-state index in [1.54, 1.807) is 13.0 Å². The zero-order valence-corrected chi connectivity index (χ0v) is 9.74. The Labute approximate surface area is 94.6 Å². The smallest absolute Gasteiger partial charge is 0.239 e. The third-order valence-corrected chi connectivity index (χ3v) is 3.81. The third-order valence-electron chi connectivity index (χ3n) is 2.72. The van der Waals surface area contributed by atoms with E-state index >= 15 is 0 Å². The van der Waals surface area contributed by atoms with Gasteiger partial charge in [-0.1, -0.05) is 22.0 Å². The number of benzene rings is 1. The molecule has 0 unspecified atom stereocenters. The maximum atomic E-state index is 13.7. The number of hydrogen-bond acceptors (Lipinski definition) is 0. The fraction of sp³-hybridized carbons (Fsp3) is 0.455. The average Bonchev–Trinajstić information content (AvgIpc) is 2.89. The van der Waals surface area contributed by atoms with Gasteiger partial charge in [0.25, 0.3) is 6.43 Å². The number of rotatable bonds is 2. The topological polar surface area (TPSA) is 0 Å². The lowest BCUT2D eigenvalue weighted by atomic mass is 10.0. The minimum atomic E-state index is -2.57. The molecule has 1 aromatic carbocycles. The van der Waals surface area contributed by atoms with Crippen molar-refractivity contribution in [1.82, 2.24) is 0 Å². The molecule has 0 spiro atoms. The predicted octanol–water partition coefficient (Wildman–Crippen LogP) is 4.65. The summed E-state index contributed by atoms with van der Waals surface area (Å²) in [5, 5.41) is 0. The van der Waals surface area contributed by atoms with Crippen molar-refractivity contribution in [3.8, 4) is 0 Å². The van der Waals surface area contributed by atoms with Gasteiger partial charge in [-0.2, -0.15) is 0 Å². The summed E-state index contributed by atoms with van der Waals surface area (Å²) in [6.07, 6.45) is -1.69. The van der Waals surface area contributed by atoms with Gasteiger partial charge in [0.2, 0.25) is 0 Å². The summed E-state index contributed by atoms with van der Waals surface area (Å²) in [4.78, 5) is 0. The van der Waals surface area contributed by atoms with Crippen LogP contribution in [-0.4, -0.2) is 0 Å². The van der Waals surface area contributed by atoms with E-state index in [9.17, 15) is 13.2 Å². The SMILES string of the molecule is Cc1cc(C2(F)CC2)cc(C(F)F)c1Br. The molecule has 1 aromatic rings. The second-order valence-corrected chi connectivity index (χ2v) is 4.76. The Morgan fingerprint density at radius 1 is 1.33 bits per heavy atom. The normalized spacial score (nSPS) is 18.3. The van der Waals surface area contributed by atoms with Crippen LogP contribution in [0.4, 0.5) is 13.2 Å². The Kier molecular flexibility index (Phi) is 2.57. The summed E-state index contributed by atoms with van der Waals surface area (Å²) in [6, 6.07) is 2.91. The predicted molar refractivity (Wildman–Crippen MR) is 55.9 cm³/mol. The highest BCUT2D eigenvalue weighted by Gasteiger charge is 2.45. The lowest BCUT2D eigenvalue weighted by Crippen LogP contribution is -2.01. The van der Waals surface area contributed by atoms with Crippen LogP contribution in [0.15, 0.2) is 16.6 Å². The molecule has 0 atom stereocenters. The van der Waals surface area contributed by atoms with Crippen LogP contribution in [0.25, 0.3) is 0 Å². The fourth-order valence-electron chi connectivity index (χ4n) is 1.61. The molecule has 0 N–H and O–H groups in total. The van der Waals surface area contributed by atoms with Crippen LogP contribution < -0.4 is 0 Å². The number of alkyl halides is 3. The van der Waals surface area contributed by atoms with E-state index in [2.05, 4.69) is 15.9 Å². The first kappa shape index (κ1) is 11.0. The zero-order chi connectivity index (χ0) is 11.2. The van der Waals surface area contributed by atoms with Gasteiger partial charge in [-0.05, 0) is 37.0 Å². The third kappa shape index (κ3) is 1.92. The highest BCUT2D eigenvalue weighted by molar-refractivity contribution is 9.10. The second kappa shape index (κ2) is 3.51. The van der Waals surface area contributed by atoms with Gasteiger partial charge >= 0.3 is 0 Å². The largest absolute Gasteiger partial charge is 0.264 e. The molecule has 0 aliphatic heterocycles. The molecule has 0 saturated heterocycles. The summed E-state index contributed by atoms with van der Waals surface area (Å²) >= 11 is 3.10. The molecule has 0 radical (unpaired) electrons. The first-order chi connectivity index (χ1) is 6.94. The number of halogens is 4. The number of aryl methyl sites for hydroxylation is 1. The first-order valence-corrected chi connectivity index (χ1v) is 5.51. The molecule has 0 nitrogen and oxygen atoms in total. The summed E-state index contributed by atoms with van der Waals surface area (Å²) in [5.41, 5.74) is -0.422. The molecule has 1 aliphatic carbocycles. The lowest BCUT2D eigenvalue weighted by molar-refractivity contribution is 0.150. The van der Waals surface area contributed by atoms with Crippen LogP contribution in [-0.2, 0) is 5.67 Å². The highest BCUT2D eigenvalue weighted by Crippen LogP contribution is 2.51. The van der Waals surface area contributed by atoms with Crippen LogP contribution in [0.1, 0.15) is 36.0 Å². The summed E-state index contributed by atoms with van der Waals surface area (Å²) < 4.78 is 39.4. The van der Waals surface area contributed by atoms with Crippen LogP contribution in [0.2, 0.25) is 0 Å². The Hall–Kier alpha value is -0.510. The molecular weight excluding hydrogens is 269 g/mol. The summed E-state index contributed by atoms with van der Waals surface area (Å²) in [6.45, 7) is 1.70. The van der Waals surface area contributed by atoms with Crippen molar-refractivity contribution in [1.29, 1.82) is 0 Å². The van der Waals surface area contributed by atoms with Gasteiger partial charge in [0.1, 0.15) is 5.67 Å². The molecule has 1 saturated carbocycles. The molecule has 0 aromatic heterocycles. The molecule has 1 fully saturated rings. The molecule has 0 heterocycles. The zero-order valence-electron chi connectivity index (χ0n) is 8.16. The molecular formula is C11H10BrF3. The van der Waals surface area contributed by atoms with Gasteiger partial charge < -0.3 is 0 Å². The van der Waals surface area contributed by atoms with Crippen molar-refractivity contribution in [2.24, 2.45) is 0 Å². The average molecular weight is 279 g/mol. The van der Waals surface area contributed by atoms with Crippen molar-refractivity contribution in [2.45, 2.75) is 31.9 Å².